The molecule has 0 unspecified atom stereocenters. The molecule has 76 valence electrons. The van der Waals surface area contributed by atoms with Gasteiger partial charge in [0.15, 0.2) is 0 Å². The third-order valence-corrected chi connectivity index (χ3v) is 1.53. The van der Waals surface area contributed by atoms with Crippen molar-refractivity contribution in [2.24, 2.45) is 5.73 Å². The Balaban J connectivity index is 0.000000531. The summed E-state index contributed by atoms with van der Waals surface area (Å²) in [4.78, 5) is 10.7. The van der Waals surface area contributed by atoms with Crippen molar-refractivity contribution in [1.29, 1.82) is 0 Å². The van der Waals surface area contributed by atoms with Gasteiger partial charge in [-0.3, -0.25) is 0 Å². The smallest absolute Gasteiger partial charge is 0.336 e. The summed E-state index contributed by atoms with van der Waals surface area (Å²) >= 11 is 0. The summed E-state index contributed by atoms with van der Waals surface area (Å²) in [5.41, 5.74) is 4.84. The lowest BCUT2D eigenvalue weighted by atomic mass is 10.2. The molecular weight excluding hydrogens is 202 g/mol. The topological polar surface area (TPSA) is 56.2 Å². The van der Waals surface area contributed by atoms with Crippen molar-refractivity contribution in [2.45, 2.75) is 0 Å². The summed E-state index contributed by atoms with van der Waals surface area (Å²) < 4.78 is 4.91. The van der Waals surface area contributed by atoms with Gasteiger partial charge in [0.05, 0.1) is 0 Å². The highest BCUT2D eigenvalue weighted by Crippen LogP contribution is 2.08. The molecule has 0 saturated carbocycles. The molecule has 2 N–H and O–H groups in total. The van der Waals surface area contributed by atoms with E-state index < -0.39 is 0 Å². The van der Waals surface area contributed by atoms with Gasteiger partial charge in [0.2, 0.25) is 0 Å². The van der Waals surface area contributed by atoms with Gasteiger partial charge in [0.25, 0.3) is 0 Å². The number of hydrogen-bond donors (Lipinski definition) is 1. The molecular formula is C10H12ClNO2. The molecule has 1 aromatic heterocycles. The molecule has 0 atom stereocenters. The van der Waals surface area contributed by atoms with Crippen LogP contribution in [-0.2, 0) is 0 Å². The van der Waals surface area contributed by atoms with E-state index in [1.807, 2.05) is 18.2 Å². The summed E-state index contributed by atoms with van der Waals surface area (Å²) in [5, 5.41) is 0.951. The summed E-state index contributed by atoms with van der Waals surface area (Å²) in [6.07, 6.45) is 0. The fourth-order valence-electron chi connectivity index (χ4n) is 1.01. The number of nitrogens with two attached hydrogens (primary N) is 1. The number of hydrogen-bond acceptors (Lipinski definition) is 3. The maximum absolute atomic E-state index is 10.7. The molecule has 4 heteroatoms. The van der Waals surface area contributed by atoms with E-state index in [4.69, 9.17) is 4.42 Å². The molecule has 0 amide bonds. The number of fused-ring (bicyclic) bond motifs is 1. The predicted molar refractivity (Wildman–Crippen MR) is 59.8 cm³/mol. The third kappa shape index (κ3) is 2.87. The third-order valence-electron chi connectivity index (χ3n) is 1.53. The highest BCUT2D eigenvalue weighted by Gasteiger charge is 1.92. The Morgan fingerprint density at radius 3 is 2.43 bits per heavy atom. The van der Waals surface area contributed by atoms with Crippen molar-refractivity contribution in [3.8, 4) is 0 Å². The van der Waals surface area contributed by atoms with Crippen molar-refractivity contribution >= 4 is 23.4 Å². The van der Waals surface area contributed by atoms with Crippen LogP contribution in [0.5, 0.6) is 0 Å². The van der Waals surface area contributed by atoms with Gasteiger partial charge in [-0.15, -0.1) is 12.4 Å². The monoisotopic (exact) mass is 213 g/mol. The first-order chi connectivity index (χ1) is 6.36. The second-order valence-electron chi connectivity index (χ2n) is 2.29. The van der Waals surface area contributed by atoms with Crippen molar-refractivity contribution in [3.05, 3.63) is 46.8 Å². The molecule has 3 nitrogen and oxygen atoms in total. The molecule has 0 radical (unpaired) electrons. The maximum atomic E-state index is 10.7. The average Bonchev–Trinajstić information content (AvgIpc) is 2.21. The van der Waals surface area contributed by atoms with Crippen molar-refractivity contribution in [2.75, 3.05) is 7.05 Å². The minimum absolute atomic E-state index is 0. The summed E-state index contributed by atoms with van der Waals surface area (Å²) in [6.45, 7) is 0. The van der Waals surface area contributed by atoms with E-state index in [0.29, 0.717) is 5.58 Å². The van der Waals surface area contributed by atoms with E-state index in [0.717, 1.165) is 5.39 Å². The zero-order chi connectivity index (χ0) is 9.68. The Morgan fingerprint density at radius 1 is 1.07 bits per heavy atom. The second kappa shape index (κ2) is 6.18. The Labute approximate surface area is 87.9 Å². The molecule has 1 aromatic carbocycles. The lowest BCUT2D eigenvalue weighted by Gasteiger charge is -1.91. The Bertz CT molecular complexity index is 439. The van der Waals surface area contributed by atoms with Crippen LogP contribution in [-0.4, -0.2) is 7.05 Å². The number of halogens is 1. The van der Waals surface area contributed by atoms with E-state index >= 15 is 0 Å². The maximum Gasteiger partial charge on any atom is 0.336 e. The van der Waals surface area contributed by atoms with E-state index in [-0.39, 0.29) is 18.0 Å². The summed E-state index contributed by atoms with van der Waals surface area (Å²) in [5.74, 6) is 0. The molecule has 0 saturated heterocycles. The van der Waals surface area contributed by atoms with E-state index in [9.17, 15) is 4.79 Å². The van der Waals surface area contributed by atoms with Crippen LogP contribution in [0.1, 0.15) is 0 Å². The lowest BCUT2D eigenvalue weighted by Crippen LogP contribution is -1.93. The molecule has 0 aliphatic rings. The first-order valence-electron chi connectivity index (χ1n) is 3.93. The summed E-state index contributed by atoms with van der Waals surface area (Å²) in [7, 11) is 1.50. The number of benzene rings is 1. The SMILES string of the molecule is CN.Cl.O=c1ccc2ccccc2o1. The van der Waals surface area contributed by atoms with Gasteiger partial charge >= 0.3 is 5.63 Å². The van der Waals surface area contributed by atoms with Gasteiger partial charge in [0.1, 0.15) is 5.58 Å². The first-order valence-corrected chi connectivity index (χ1v) is 3.93. The minimum Gasteiger partial charge on any atom is -0.423 e. The quantitative estimate of drug-likeness (QED) is 0.679. The molecule has 0 spiro atoms. The molecule has 2 aromatic rings. The van der Waals surface area contributed by atoms with Crippen LogP contribution < -0.4 is 11.4 Å². The largest absolute Gasteiger partial charge is 0.423 e. The molecule has 0 aliphatic carbocycles. The molecule has 0 aliphatic heterocycles. The van der Waals surface area contributed by atoms with Crippen LogP contribution in [0.3, 0.4) is 0 Å². The first kappa shape index (κ1) is 12.7. The standard InChI is InChI=1S/C9H6O2.CH5N.ClH/c10-9-6-5-7-3-1-2-4-8(7)11-9;1-2;/h1-6H;2H2,1H3;1H. The lowest BCUT2D eigenvalue weighted by molar-refractivity contribution is 0.561. The molecule has 0 fully saturated rings. The van der Waals surface area contributed by atoms with Gasteiger partial charge in [-0.05, 0) is 19.2 Å². The van der Waals surface area contributed by atoms with Crippen LogP contribution in [0.15, 0.2) is 45.6 Å². The highest BCUT2D eigenvalue weighted by molar-refractivity contribution is 5.85. The average molecular weight is 214 g/mol. The molecule has 1 heterocycles. The van der Waals surface area contributed by atoms with Gasteiger partial charge in [-0.1, -0.05) is 18.2 Å². The second-order valence-corrected chi connectivity index (χ2v) is 2.29. The molecule has 2 rings (SSSR count). The fraction of sp³-hybridized carbons (Fsp3) is 0.100. The van der Waals surface area contributed by atoms with E-state index in [1.165, 1.54) is 13.1 Å². The van der Waals surface area contributed by atoms with Crippen LogP contribution in [0, 0.1) is 0 Å². The minimum atomic E-state index is -0.302. The van der Waals surface area contributed by atoms with Crippen molar-refractivity contribution in [3.63, 3.8) is 0 Å². The normalized spacial score (nSPS) is 8.43. The zero-order valence-electron chi connectivity index (χ0n) is 7.77. The fourth-order valence-corrected chi connectivity index (χ4v) is 1.01. The number of para-hydroxylation sites is 1. The highest BCUT2D eigenvalue weighted by atomic mass is 35.5. The van der Waals surface area contributed by atoms with Crippen molar-refractivity contribution in [1.82, 2.24) is 0 Å². The Morgan fingerprint density at radius 2 is 1.71 bits per heavy atom. The van der Waals surface area contributed by atoms with Gasteiger partial charge in [-0.2, -0.15) is 0 Å². The predicted octanol–water partition coefficient (Wildman–Crippen LogP) is 1.79. The van der Waals surface area contributed by atoms with Crippen LogP contribution in [0.4, 0.5) is 0 Å². The van der Waals surface area contributed by atoms with E-state index in [2.05, 4.69) is 5.73 Å². The van der Waals surface area contributed by atoms with Crippen LogP contribution in [0.2, 0.25) is 0 Å². The van der Waals surface area contributed by atoms with Gasteiger partial charge in [0, 0.05) is 11.5 Å². The number of rotatable bonds is 0. The zero-order valence-corrected chi connectivity index (χ0v) is 8.58. The van der Waals surface area contributed by atoms with Crippen molar-refractivity contribution < 1.29 is 4.42 Å². The van der Waals surface area contributed by atoms with Gasteiger partial charge < -0.3 is 10.2 Å². The molecule has 14 heavy (non-hydrogen) atoms. The Kier molecular flexibility index (Phi) is 5.60. The molecule has 0 bridgehead atoms. The Hall–Kier alpha value is -1.32. The van der Waals surface area contributed by atoms with E-state index in [1.54, 1.807) is 12.1 Å². The van der Waals surface area contributed by atoms with Crippen LogP contribution in [0.25, 0.3) is 11.0 Å². The van der Waals surface area contributed by atoms with Gasteiger partial charge in [-0.25, -0.2) is 4.79 Å². The van der Waals surface area contributed by atoms with Crippen LogP contribution >= 0.6 is 12.4 Å². The summed E-state index contributed by atoms with van der Waals surface area (Å²) in [6, 6.07) is 10.6.